The number of rotatable bonds is 3. The maximum atomic E-state index is 12.5. The van der Waals surface area contributed by atoms with E-state index >= 15 is 0 Å². The predicted octanol–water partition coefficient (Wildman–Crippen LogP) is 1.11. The fraction of sp³-hybridized carbons (Fsp3) is 0.500. The minimum Gasteiger partial charge on any atom is -0.354 e. The summed E-state index contributed by atoms with van der Waals surface area (Å²) in [5.41, 5.74) is 1.09. The maximum Gasteiger partial charge on any atom is 0.241 e. The van der Waals surface area contributed by atoms with Crippen LogP contribution >= 0.6 is 0 Å². The number of benzene rings is 1. The molecule has 1 aliphatic rings. The second kappa shape index (κ2) is 4.86. The summed E-state index contributed by atoms with van der Waals surface area (Å²) in [6, 6.07) is 4.51. The summed E-state index contributed by atoms with van der Waals surface area (Å²) in [5, 5.41) is 2.69. The van der Waals surface area contributed by atoms with Gasteiger partial charge in [-0.1, -0.05) is 26.0 Å². The van der Waals surface area contributed by atoms with Gasteiger partial charge in [-0.25, -0.2) is 8.42 Å². The summed E-state index contributed by atoms with van der Waals surface area (Å²) < 4.78 is 27.5. The molecule has 1 heterocycles. The quantitative estimate of drug-likeness (QED) is 0.877. The Balaban J connectivity index is 2.37. The number of carbonyl (C=O) groups excluding carboxylic acids is 1. The SMILES string of the molecule is Cc1ccc(C)c(S(=O)(=O)NC2C(=O)NCC2(C)C)c1. The molecular formula is C14H20N2O3S. The van der Waals surface area contributed by atoms with E-state index in [-0.39, 0.29) is 10.8 Å². The number of carbonyl (C=O) groups is 1. The molecular weight excluding hydrogens is 276 g/mol. The van der Waals surface area contributed by atoms with E-state index in [2.05, 4.69) is 10.0 Å². The lowest BCUT2D eigenvalue weighted by molar-refractivity contribution is -0.121. The molecule has 1 unspecified atom stereocenters. The van der Waals surface area contributed by atoms with Crippen LogP contribution in [0.25, 0.3) is 0 Å². The Morgan fingerprint density at radius 3 is 2.50 bits per heavy atom. The first-order valence-corrected chi connectivity index (χ1v) is 7.99. The van der Waals surface area contributed by atoms with E-state index in [9.17, 15) is 13.2 Å². The zero-order chi connectivity index (χ0) is 15.1. The Hall–Kier alpha value is -1.40. The molecule has 1 atom stereocenters. The molecule has 0 saturated carbocycles. The topological polar surface area (TPSA) is 75.3 Å². The smallest absolute Gasteiger partial charge is 0.241 e. The van der Waals surface area contributed by atoms with Crippen molar-refractivity contribution in [3.05, 3.63) is 29.3 Å². The number of aryl methyl sites for hydroxylation is 2. The normalized spacial score (nSPS) is 21.8. The molecule has 20 heavy (non-hydrogen) atoms. The van der Waals surface area contributed by atoms with Crippen LogP contribution in [0.5, 0.6) is 0 Å². The summed E-state index contributed by atoms with van der Waals surface area (Å²) in [5.74, 6) is -0.274. The van der Waals surface area contributed by atoms with Gasteiger partial charge in [-0.05, 0) is 31.0 Å². The van der Waals surface area contributed by atoms with Crippen LogP contribution in [0, 0.1) is 19.3 Å². The fourth-order valence-corrected chi connectivity index (χ4v) is 4.00. The molecule has 2 rings (SSSR count). The largest absolute Gasteiger partial charge is 0.354 e. The number of amides is 1. The molecule has 1 aromatic rings. The zero-order valence-electron chi connectivity index (χ0n) is 12.1. The molecule has 2 N–H and O–H groups in total. The van der Waals surface area contributed by atoms with Crippen molar-refractivity contribution in [3.8, 4) is 0 Å². The van der Waals surface area contributed by atoms with Crippen molar-refractivity contribution in [3.63, 3.8) is 0 Å². The molecule has 110 valence electrons. The van der Waals surface area contributed by atoms with Crippen molar-refractivity contribution >= 4 is 15.9 Å². The number of hydrogen-bond acceptors (Lipinski definition) is 3. The first-order valence-electron chi connectivity index (χ1n) is 6.51. The van der Waals surface area contributed by atoms with Crippen molar-refractivity contribution in [1.29, 1.82) is 0 Å². The molecule has 0 radical (unpaired) electrons. The van der Waals surface area contributed by atoms with Crippen LogP contribution in [0.4, 0.5) is 0 Å². The minimum absolute atomic E-state index is 0.230. The fourth-order valence-electron chi connectivity index (χ4n) is 2.30. The van der Waals surface area contributed by atoms with Gasteiger partial charge in [0.25, 0.3) is 0 Å². The highest BCUT2D eigenvalue weighted by molar-refractivity contribution is 7.89. The first-order chi connectivity index (χ1) is 9.13. The van der Waals surface area contributed by atoms with Crippen LogP contribution < -0.4 is 10.0 Å². The number of sulfonamides is 1. The lowest BCUT2D eigenvalue weighted by atomic mass is 9.88. The van der Waals surface area contributed by atoms with E-state index in [1.54, 1.807) is 19.1 Å². The summed E-state index contributed by atoms with van der Waals surface area (Å²) in [6.45, 7) is 7.77. The highest BCUT2D eigenvalue weighted by atomic mass is 32.2. The van der Waals surface area contributed by atoms with Gasteiger partial charge in [-0.15, -0.1) is 0 Å². The third-order valence-corrected chi connectivity index (χ3v) is 5.23. The Labute approximate surface area is 119 Å². The van der Waals surface area contributed by atoms with E-state index in [0.717, 1.165) is 5.56 Å². The summed E-state index contributed by atoms with van der Waals surface area (Å²) in [7, 11) is -3.71. The molecule has 6 heteroatoms. The van der Waals surface area contributed by atoms with Crippen LogP contribution in [0.3, 0.4) is 0 Å². The van der Waals surface area contributed by atoms with Crippen LogP contribution in [0.1, 0.15) is 25.0 Å². The van der Waals surface area contributed by atoms with Crippen molar-refractivity contribution in [2.45, 2.75) is 38.6 Å². The average molecular weight is 296 g/mol. The Morgan fingerprint density at radius 1 is 1.30 bits per heavy atom. The molecule has 5 nitrogen and oxygen atoms in total. The van der Waals surface area contributed by atoms with E-state index < -0.39 is 21.5 Å². The van der Waals surface area contributed by atoms with E-state index in [0.29, 0.717) is 12.1 Å². The predicted molar refractivity (Wildman–Crippen MR) is 76.8 cm³/mol. The molecule has 1 saturated heterocycles. The second-order valence-electron chi connectivity index (χ2n) is 6.03. The molecule has 1 fully saturated rings. The van der Waals surface area contributed by atoms with Gasteiger partial charge < -0.3 is 5.32 Å². The second-order valence-corrected chi connectivity index (χ2v) is 7.71. The highest BCUT2D eigenvalue weighted by Gasteiger charge is 2.43. The van der Waals surface area contributed by atoms with Gasteiger partial charge in [0.15, 0.2) is 0 Å². The van der Waals surface area contributed by atoms with Crippen molar-refractivity contribution < 1.29 is 13.2 Å². The standard InChI is InChI=1S/C14H20N2O3S/c1-9-5-6-10(2)11(7-9)20(18,19)16-12-13(17)15-8-14(12,3)4/h5-7,12,16H,8H2,1-4H3,(H,15,17). The molecule has 1 aromatic carbocycles. The third-order valence-electron chi connectivity index (χ3n) is 3.67. The highest BCUT2D eigenvalue weighted by Crippen LogP contribution is 2.27. The first kappa shape index (κ1) is 15.0. The molecule has 1 aliphatic heterocycles. The van der Waals surface area contributed by atoms with Crippen LogP contribution in [0.15, 0.2) is 23.1 Å². The van der Waals surface area contributed by atoms with Gasteiger partial charge in [-0.2, -0.15) is 4.72 Å². The molecule has 0 aliphatic carbocycles. The summed E-state index contributed by atoms with van der Waals surface area (Å²) in [6.07, 6.45) is 0. The van der Waals surface area contributed by atoms with Crippen molar-refractivity contribution in [2.75, 3.05) is 6.54 Å². The summed E-state index contributed by atoms with van der Waals surface area (Å²) in [4.78, 5) is 12.0. The maximum absolute atomic E-state index is 12.5. The zero-order valence-corrected chi connectivity index (χ0v) is 13.0. The Kier molecular flexibility index (Phi) is 3.64. The average Bonchev–Trinajstić information content (AvgIpc) is 2.59. The summed E-state index contributed by atoms with van der Waals surface area (Å²) >= 11 is 0. The number of hydrogen-bond donors (Lipinski definition) is 2. The van der Waals surface area contributed by atoms with Crippen LogP contribution in [-0.4, -0.2) is 26.9 Å². The van der Waals surface area contributed by atoms with E-state index in [1.165, 1.54) is 0 Å². The molecule has 1 amide bonds. The molecule has 0 spiro atoms. The van der Waals surface area contributed by atoms with Crippen molar-refractivity contribution in [1.82, 2.24) is 10.0 Å². The van der Waals surface area contributed by atoms with Gasteiger partial charge in [0, 0.05) is 12.0 Å². The van der Waals surface area contributed by atoms with E-state index in [1.807, 2.05) is 26.8 Å². The Morgan fingerprint density at radius 2 is 1.95 bits per heavy atom. The van der Waals surface area contributed by atoms with Gasteiger partial charge in [0.1, 0.15) is 6.04 Å². The monoisotopic (exact) mass is 296 g/mol. The lowest BCUT2D eigenvalue weighted by Gasteiger charge is -2.24. The lowest BCUT2D eigenvalue weighted by Crippen LogP contribution is -2.46. The van der Waals surface area contributed by atoms with Gasteiger partial charge >= 0.3 is 0 Å². The van der Waals surface area contributed by atoms with Gasteiger partial charge in [0.2, 0.25) is 15.9 Å². The van der Waals surface area contributed by atoms with Gasteiger partial charge in [-0.3, -0.25) is 4.79 Å². The van der Waals surface area contributed by atoms with Crippen LogP contribution in [0.2, 0.25) is 0 Å². The Bertz CT molecular complexity index is 650. The molecule has 0 aromatic heterocycles. The third kappa shape index (κ3) is 2.71. The number of nitrogens with one attached hydrogen (secondary N) is 2. The van der Waals surface area contributed by atoms with E-state index in [4.69, 9.17) is 0 Å². The van der Waals surface area contributed by atoms with Gasteiger partial charge in [0.05, 0.1) is 4.90 Å². The minimum atomic E-state index is -3.71. The molecule has 0 bridgehead atoms. The van der Waals surface area contributed by atoms with Crippen LogP contribution in [-0.2, 0) is 14.8 Å². The van der Waals surface area contributed by atoms with Crippen molar-refractivity contribution in [2.24, 2.45) is 5.41 Å².